The molecule has 1 aromatic carbocycles. The van der Waals surface area contributed by atoms with E-state index in [4.69, 9.17) is 21.8 Å². The molecule has 164 valence electrons. The Balaban J connectivity index is 0.000000336. The molecule has 2 saturated carbocycles. The van der Waals surface area contributed by atoms with Gasteiger partial charge in [0.1, 0.15) is 0 Å². The number of hydrogen-bond donors (Lipinski definition) is 0. The standard InChI is InChI=1S/C24H17B.C4H10O.2ClH.Zr/c1-2-10-20(11-3-1)25(23-16-14-18-8-4-6-12-21(18)23)24-17-15-19-9-5-7-13-22(19)24;1-3-5-4-2;;;/h1-17H;3-4H2,1-2H3;2*1H;/q;;;;+4/p-2. The molecule has 0 amide bonds. The van der Waals surface area contributed by atoms with Crippen molar-refractivity contribution in [3.05, 3.63) is 140 Å². The molecule has 0 atom stereocenters. The Morgan fingerprint density at radius 1 is 0.697 bits per heavy atom. The van der Waals surface area contributed by atoms with Crippen molar-refractivity contribution >= 4 is 29.2 Å². The van der Waals surface area contributed by atoms with Crippen LogP contribution < -0.4 is 5.46 Å². The van der Waals surface area contributed by atoms with Gasteiger partial charge in [0.05, 0.1) is 0 Å². The summed E-state index contributed by atoms with van der Waals surface area (Å²) >= 11 is -0.826. The normalized spacial score (nSPS) is 20.5. The monoisotopic (exact) mass is 550 g/mol. The Kier molecular flexibility index (Phi) is 12.3. The van der Waals surface area contributed by atoms with E-state index in [0.29, 0.717) is 0 Å². The summed E-state index contributed by atoms with van der Waals surface area (Å²) in [6.07, 6.45) is 26.5. The average molecular weight is 552 g/mol. The van der Waals surface area contributed by atoms with E-state index < -0.39 is 20.8 Å². The Labute approximate surface area is 220 Å². The first-order chi connectivity index (χ1) is 16.2. The van der Waals surface area contributed by atoms with Crippen LogP contribution in [0.5, 0.6) is 0 Å². The second kappa shape index (κ2) is 14.9. The fraction of sp³-hybridized carbons (Fsp3) is 0.143. The SMILES string of the molecule is CCOCC.[CH]1[CH][C](B([C]2[CH][CH][C]3C=CC=C[C]32)c2ccccc2)[C]2C=CC=C[C]12.[Cl][Zr+2][Cl]. The van der Waals surface area contributed by atoms with Gasteiger partial charge in [-0.05, 0) is 51.2 Å². The zero-order chi connectivity index (χ0) is 23.5. The molecule has 1 nitrogen and oxygen atoms in total. The molecule has 0 saturated heterocycles. The molecule has 10 radical (unpaired) electrons. The second-order valence-electron chi connectivity index (χ2n) is 7.45. The van der Waals surface area contributed by atoms with E-state index in [0.717, 1.165) is 13.2 Å². The van der Waals surface area contributed by atoms with Gasteiger partial charge >= 0.3 is 37.9 Å². The first-order valence-corrected chi connectivity index (χ1v) is 17.5. The molecule has 0 unspecified atom stereocenters. The summed E-state index contributed by atoms with van der Waals surface area (Å²) in [6.45, 7) is 5.92. The Bertz CT molecular complexity index is 763. The molecular weight excluding hydrogens is 525 g/mol. The third-order valence-electron chi connectivity index (χ3n) is 5.59. The fourth-order valence-electron chi connectivity index (χ4n) is 4.23. The maximum atomic E-state index is 4.93. The summed E-state index contributed by atoms with van der Waals surface area (Å²) in [7, 11) is 9.87. The zero-order valence-electron chi connectivity index (χ0n) is 19.0. The van der Waals surface area contributed by atoms with Gasteiger partial charge in [-0.25, -0.2) is 0 Å². The predicted molar refractivity (Wildman–Crippen MR) is 139 cm³/mol. The predicted octanol–water partition coefficient (Wildman–Crippen LogP) is 6.43. The van der Waals surface area contributed by atoms with Crippen LogP contribution in [-0.2, 0) is 25.6 Å². The van der Waals surface area contributed by atoms with Gasteiger partial charge in [-0.1, -0.05) is 84.4 Å². The van der Waals surface area contributed by atoms with E-state index in [1.165, 1.54) is 40.8 Å². The molecule has 0 bridgehead atoms. The second-order valence-corrected chi connectivity index (χ2v) is 11.2. The molecular formula is C28H27BCl2OZr+2. The minimum absolute atomic E-state index is 0.251. The number of fused-ring (bicyclic) bond motifs is 2. The van der Waals surface area contributed by atoms with E-state index in [1.54, 1.807) is 0 Å². The number of ether oxygens (including phenoxy) is 1. The van der Waals surface area contributed by atoms with Crippen LogP contribution in [-0.4, -0.2) is 19.9 Å². The third-order valence-corrected chi connectivity index (χ3v) is 5.59. The van der Waals surface area contributed by atoms with E-state index in [9.17, 15) is 0 Å². The Morgan fingerprint density at radius 3 is 1.58 bits per heavy atom. The number of halogens is 2. The molecule has 1 aromatic rings. The Morgan fingerprint density at radius 2 is 1.15 bits per heavy atom. The summed E-state index contributed by atoms with van der Waals surface area (Å²) < 4.78 is 4.83. The molecule has 2 fully saturated rings. The van der Waals surface area contributed by atoms with Crippen LogP contribution in [0.3, 0.4) is 0 Å². The van der Waals surface area contributed by atoms with Crippen LogP contribution in [0, 0.1) is 61.0 Å². The molecule has 4 aliphatic rings. The van der Waals surface area contributed by atoms with Crippen LogP contribution in [0.15, 0.2) is 78.9 Å². The van der Waals surface area contributed by atoms with Crippen molar-refractivity contribution in [1.82, 2.24) is 0 Å². The van der Waals surface area contributed by atoms with Crippen molar-refractivity contribution in [2.75, 3.05) is 13.2 Å². The number of hydrogen-bond acceptors (Lipinski definition) is 1. The van der Waals surface area contributed by atoms with E-state index in [1.807, 2.05) is 13.8 Å². The average Bonchev–Trinajstić information content (AvgIpc) is 3.47. The quantitative estimate of drug-likeness (QED) is 0.383. The first-order valence-electron chi connectivity index (χ1n) is 11.1. The van der Waals surface area contributed by atoms with Gasteiger partial charge in [0.25, 0.3) is 0 Å². The van der Waals surface area contributed by atoms with E-state index in [2.05, 4.69) is 105 Å². The number of rotatable bonds is 5. The molecule has 0 aromatic heterocycles. The van der Waals surface area contributed by atoms with Gasteiger partial charge in [-0.15, -0.1) is 0 Å². The fourth-order valence-corrected chi connectivity index (χ4v) is 4.23. The zero-order valence-corrected chi connectivity index (χ0v) is 22.9. The summed E-state index contributed by atoms with van der Waals surface area (Å²) in [5.41, 5.74) is 1.34. The molecule has 4 aliphatic carbocycles. The van der Waals surface area contributed by atoms with Crippen molar-refractivity contribution in [2.24, 2.45) is 0 Å². The van der Waals surface area contributed by atoms with Crippen LogP contribution in [0.1, 0.15) is 13.8 Å². The minimum atomic E-state index is -0.826. The summed E-state index contributed by atoms with van der Waals surface area (Å²) in [5, 5.41) is 0. The first kappa shape index (κ1) is 27.3. The summed E-state index contributed by atoms with van der Waals surface area (Å²) in [6, 6.07) is 10.9. The van der Waals surface area contributed by atoms with E-state index >= 15 is 0 Å². The van der Waals surface area contributed by atoms with Crippen molar-refractivity contribution in [1.29, 1.82) is 0 Å². The van der Waals surface area contributed by atoms with Crippen LogP contribution >= 0.6 is 17.0 Å². The van der Waals surface area contributed by atoms with Crippen molar-refractivity contribution in [3.8, 4) is 0 Å². The van der Waals surface area contributed by atoms with Crippen LogP contribution in [0.4, 0.5) is 0 Å². The molecule has 0 heterocycles. The molecule has 33 heavy (non-hydrogen) atoms. The number of benzene rings is 1. The molecule has 5 heteroatoms. The maximum absolute atomic E-state index is 4.93. The van der Waals surface area contributed by atoms with Gasteiger partial charge < -0.3 is 4.74 Å². The molecule has 0 N–H and O–H groups in total. The summed E-state index contributed by atoms with van der Waals surface area (Å²) in [5.74, 6) is 8.10. The van der Waals surface area contributed by atoms with Gasteiger partial charge in [0.15, 0.2) is 6.71 Å². The summed E-state index contributed by atoms with van der Waals surface area (Å²) in [4.78, 5) is 0. The molecule has 0 aliphatic heterocycles. The van der Waals surface area contributed by atoms with Gasteiger partial charge in [-0.3, -0.25) is 0 Å². The number of allylic oxidation sites excluding steroid dienone is 8. The third kappa shape index (κ3) is 7.33. The van der Waals surface area contributed by atoms with E-state index in [-0.39, 0.29) is 6.71 Å². The van der Waals surface area contributed by atoms with Gasteiger partial charge in [-0.2, -0.15) is 0 Å². The van der Waals surface area contributed by atoms with Crippen molar-refractivity contribution in [3.63, 3.8) is 0 Å². The van der Waals surface area contributed by atoms with Gasteiger partial charge in [0, 0.05) is 36.9 Å². The van der Waals surface area contributed by atoms with Crippen LogP contribution in [0.25, 0.3) is 0 Å². The van der Waals surface area contributed by atoms with Crippen LogP contribution in [0.2, 0.25) is 0 Å². The molecule has 5 rings (SSSR count). The topological polar surface area (TPSA) is 9.23 Å². The van der Waals surface area contributed by atoms with Crippen molar-refractivity contribution < 1.29 is 25.6 Å². The van der Waals surface area contributed by atoms with Gasteiger partial charge in [0.2, 0.25) is 0 Å². The molecule has 0 spiro atoms. The Hall–Kier alpha value is -0.332. The van der Waals surface area contributed by atoms with Crippen molar-refractivity contribution in [2.45, 2.75) is 13.8 Å².